The van der Waals surface area contributed by atoms with Crippen LogP contribution in [0.15, 0.2) is 12.1 Å². The normalized spacial score (nSPS) is 18.4. The van der Waals surface area contributed by atoms with Crippen LogP contribution >= 0.6 is 0 Å². The van der Waals surface area contributed by atoms with Gasteiger partial charge in [0, 0.05) is 13.1 Å². The van der Waals surface area contributed by atoms with Gasteiger partial charge in [-0.2, -0.15) is 0 Å². The minimum absolute atomic E-state index is 0.00341. The van der Waals surface area contributed by atoms with Gasteiger partial charge in [0.2, 0.25) is 5.91 Å². The number of rotatable bonds is 1. The van der Waals surface area contributed by atoms with Gasteiger partial charge in [-0.25, -0.2) is 9.18 Å². The average molecular weight is 306 g/mol. The summed E-state index contributed by atoms with van der Waals surface area (Å²) in [5, 5.41) is 2.43. The monoisotopic (exact) mass is 306 g/mol. The van der Waals surface area contributed by atoms with Crippen LogP contribution in [0, 0.1) is 5.82 Å². The number of benzene rings is 1. The molecule has 1 aromatic rings. The van der Waals surface area contributed by atoms with Gasteiger partial charge in [-0.15, -0.1) is 0 Å². The fourth-order valence-corrected chi connectivity index (χ4v) is 2.89. The van der Waals surface area contributed by atoms with Gasteiger partial charge in [-0.1, -0.05) is 0 Å². The van der Waals surface area contributed by atoms with E-state index in [0.717, 1.165) is 18.4 Å². The van der Waals surface area contributed by atoms with Crippen LogP contribution in [-0.4, -0.2) is 24.6 Å². The molecular weight excluding hydrogens is 287 g/mol. The summed E-state index contributed by atoms with van der Waals surface area (Å²) < 4.78 is 19.3. The van der Waals surface area contributed by atoms with Gasteiger partial charge < -0.3 is 9.64 Å². The summed E-state index contributed by atoms with van der Waals surface area (Å²) >= 11 is 0. The molecule has 0 unspecified atom stereocenters. The van der Waals surface area contributed by atoms with Crippen LogP contribution in [-0.2, 0) is 14.9 Å². The Labute approximate surface area is 128 Å². The highest BCUT2D eigenvalue weighted by molar-refractivity contribution is 6.10. The predicted molar refractivity (Wildman–Crippen MR) is 80.6 cm³/mol. The quantitative estimate of drug-likeness (QED) is 0.867. The number of hydrogen-bond donors (Lipinski definition) is 1. The maximum atomic E-state index is 14.2. The SMILES string of the molecule is CN1C(=O)C2(CC2)c2cc(NC(=O)OC(C)(C)C)c(F)cc21. The van der Waals surface area contributed by atoms with E-state index in [1.165, 1.54) is 11.0 Å². The van der Waals surface area contributed by atoms with Gasteiger partial charge in [-0.3, -0.25) is 10.1 Å². The summed E-state index contributed by atoms with van der Waals surface area (Å²) in [5.41, 5.74) is 0.234. The van der Waals surface area contributed by atoms with Crippen LogP contribution in [0.5, 0.6) is 0 Å². The van der Waals surface area contributed by atoms with Gasteiger partial charge in [0.1, 0.15) is 11.4 Å². The molecule has 22 heavy (non-hydrogen) atoms. The van der Waals surface area contributed by atoms with Crippen molar-refractivity contribution < 1.29 is 18.7 Å². The molecule has 2 aliphatic rings. The van der Waals surface area contributed by atoms with Crippen molar-refractivity contribution in [1.82, 2.24) is 0 Å². The number of halogens is 1. The van der Waals surface area contributed by atoms with E-state index in [-0.39, 0.29) is 11.6 Å². The Morgan fingerprint density at radius 2 is 2.00 bits per heavy atom. The van der Waals surface area contributed by atoms with E-state index in [1.54, 1.807) is 33.9 Å². The van der Waals surface area contributed by atoms with Crippen molar-refractivity contribution >= 4 is 23.4 Å². The van der Waals surface area contributed by atoms with Gasteiger partial charge >= 0.3 is 6.09 Å². The highest BCUT2D eigenvalue weighted by Gasteiger charge is 2.58. The minimum Gasteiger partial charge on any atom is -0.444 e. The van der Waals surface area contributed by atoms with E-state index >= 15 is 0 Å². The first kappa shape index (κ1) is 14.8. The fraction of sp³-hybridized carbons (Fsp3) is 0.500. The number of ether oxygens (including phenoxy) is 1. The molecule has 1 aliphatic carbocycles. The second-order valence-corrected chi connectivity index (χ2v) is 6.92. The van der Waals surface area contributed by atoms with E-state index in [0.29, 0.717) is 5.69 Å². The smallest absolute Gasteiger partial charge is 0.412 e. The highest BCUT2D eigenvalue weighted by Crippen LogP contribution is 2.57. The number of amides is 2. The number of carbonyl (C=O) groups is 2. The lowest BCUT2D eigenvalue weighted by atomic mass is 9.97. The van der Waals surface area contributed by atoms with Crippen molar-refractivity contribution in [3.05, 3.63) is 23.5 Å². The topological polar surface area (TPSA) is 58.6 Å². The fourth-order valence-electron chi connectivity index (χ4n) is 2.89. The van der Waals surface area contributed by atoms with Crippen LogP contribution in [0.25, 0.3) is 0 Å². The van der Waals surface area contributed by atoms with Crippen LogP contribution in [0.2, 0.25) is 0 Å². The molecule has 0 aromatic heterocycles. The van der Waals surface area contributed by atoms with Gasteiger partial charge in [0.25, 0.3) is 0 Å². The molecule has 1 spiro atoms. The Bertz CT molecular complexity index is 675. The molecule has 1 aliphatic heterocycles. The van der Waals surface area contributed by atoms with E-state index < -0.39 is 22.9 Å². The molecule has 0 atom stereocenters. The Morgan fingerprint density at radius 3 is 2.55 bits per heavy atom. The van der Waals surface area contributed by atoms with Crippen molar-refractivity contribution in [3.8, 4) is 0 Å². The second-order valence-electron chi connectivity index (χ2n) is 6.92. The molecule has 1 heterocycles. The third kappa shape index (κ3) is 2.23. The van der Waals surface area contributed by atoms with E-state index in [2.05, 4.69) is 5.32 Å². The first-order chi connectivity index (χ1) is 10.1. The first-order valence-corrected chi connectivity index (χ1v) is 7.26. The number of likely N-dealkylation sites (N-methyl/N-ethyl adjacent to an activating group) is 1. The third-order valence-corrected chi connectivity index (χ3v) is 4.06. The molecule has 118 valence electrons. The minimum atomic E-state index is -0.714. The zero-order valence-electron chi connectivity index (χ0n) is 13.1. The zero-order valence-corrected chi connectivity index (χ0v) is 13.1. The Morgan fingerprint density at radius 1 is 1.36 bits per heavy atom. The predicted octanol–water partition coefficient (Wildman–Crippen LogP) is 3.18. The lowest BCUT2D eigenvalue weighted by Crippen LogP contribution is -2.28. The molecule has 1 aromatic carbocycles. The van der Waals surface area contributed by atoms with Gasteiger partial charge in [0.05, 0.1) is 16.8 Å². The lowest BCUT2D eigenvalue weighted by molar-refractivity contribution is -0.119. The van der Waals surface area contributed by atoms with Crippen LogP contribution in [0.3, 0.4) is 0 Å². The van der Waals surface area contributed by atoms with Crippen molar-refractivity contribution in [2.24, 2.45) is 0 Å². The van der Waals surface area contributed by atoms with Crippen molar-refractivity contribution in [3.63, 3.8) is 0 Å². The number of nitrogens with one attached hydrogen (secondary N) is 1. The number of carbonyl (C=O) groups excluding carboxylic acids is 2. The van der Waals surface area contributed by atoms with Crippen LogP contribution in [0.1, 0.15) is 39.2 Å². The van der Waals surface area contributed by atoms with Crippen LogP contribution < -0.4 is 10.2 Å². The zero-order chi connectivity index (χ0) is 16.3. The van der Waals surface area contributed by atoms with Gasteiger partial charge in [0.15, 0.2) is 0 Å². The number of nitrogens with zero attached hydrogens (tertiary/aromatic N) is 1. The molecule has 1 saturated carbocycles. The van der Waals surface area contributed by atoms with Crippen molar-refractivity contribution in [2.75, 3.05) is 17.3 Å². The number of fused-ring (bicyclic) bond motifs is 2. The summed E-state index contributed by atoms with van der Waals surface area (Å²) in [5.74, 6) is -0.585. The van der Waals surface area contributed by atoms with E-state index in [1.807, 2.05) is 0 Å². The summed E-state index contributed by atoms with van der Waals surface area (Å²) in [6, 6.07) is 2.86. The number of anilines is 2. The molecule has 6 heteroatoms. The van der Waals surface area contributed by atoms with E-state index in [4.69, 9.17) is 4.74 Å². The molecule has 1 fully saturated rings. The first-order valence-electron chi connectivity index (χ1n) is 7.26. The summed E-state index contributed by atoms with van der Waals surface area (Å²) in [6.45, 7) is 5.20. The molecule has 0 saturated heterocycles. The summed E-state index contributed by atoms with van der Waals surface area (Å²) in [4.78, 5) is 25.6. The molecular formula is C16H19FN2O3. The molecule has 0 bridgehead atoms. The van der Waals surface area contributed by atoms with Crippen molar-refractivity contribution in [2.45, 2.75) is 44.6 Å². The summed E-state index contributed by atoms with van der Waals surface area (Å²) in [7, 11) is 1.65. The standard InChI is InChI=1S/C16H19FN2O3/c1-15(2,3)22-14(21)18-11-7-9-12(8-10(11)17)19(4)13(20)16(9)5-6-16/h7-8H,5-6H2,1-4H3,(H,18,21). The highest BCUT2D eigenvalue weighted by atomic mass is 19.1. The molecule has 3 rings (SSSR count). The molecule has 2 amide bonds. The van der Waals surface area contributed by atoms with Crippen LogP contribution in [0.4, 0.5) is 20.6 Å². The molecule has 1 N–H and O–H groups in total. The maximum Gasteiger partial charge on any atom is 0.412 e. The Balaban J connectivity index is 1.91. The molecule has 0 radical (unpaired) electrons. The second kappa shape index (κ2) is 4.44. The molecule has 5 nitrogen and oxygen atoms in total. The van der Waals surface area contributed by atoms with Gasteiger partial charge in [-0.05, 0) is 45.2 Å². The maximum absolute atomic E-state index is 14.2. The Hall–Kier alpha value is -2.11. The summed E-state index contributed by atoms with van der Waals surface area (Å²) in [6.07, 6.45) is 0.815. The lowest BCUT2D eigenvalue weighted by Gasteiger charge is -2.20. The van der Waals surface area contributed by atoms with E-state index in [9.17, 15) is 14.0 Å². The number of hydrogen-bond acceptors (Lipinski definition) is 3. The Kier molecular flexibility index (Phi) is 2.99. The van der Waals surface area contributed by atoms with Crippen molar-refractivity contribution in [1.29, 1.82) is 0 Å². The largest absolute Gasteiger partial charge is 0.444 e. The average Bonchev–Trinajstić information content (AvgIpc) is 3.15. The third-order valence-electron chi connectivity index (χ3n) is 4.06.